The third-order valence-electron chi connectivity index (χ3n) is 3.61. The number of guanidine groups is 1. The highest BCUT2D eigenvalue weighted by Gasteiger charge is 2.33. The van der Waals surface area contributed by atoms with Crippen LogP contribution in [-0.4, -0.2) is 54.6 Å². The lowest BCUT2D eigenvalue weighted by atomic mass is 10.3. The quantitative estimate of drug-likeness (QED) is 0.512. The van der Waals surface area contributed by atoms with Crippen LogP contribution < -0.4 is 10.6 Å². The third-order valence-corrected chi connectivity index (χ3v) is 4.52. The Morgan fingerprint density at radius 2 is 2.04 bits per heavy atom. The Morgan fingerprint density at radius 3 is 2.56 bits per heavy atom. The maximum absolute atomic E-state index is 12.5. The lowest BCUT2D eigenvalue weighted by Gasteiger charge is -2.23. The number of thiazole rings is 1. The lowest BCUT2D eigenvalue weighted by molar-refractivity contribution is -0.140. The van der Waals surface area contributed by atoms with Crippen molar-refractivity contribution in [1.82, 2.24) is 20.5 Å². The minimum Gasteiger partial charge on any atom is -0.357 e. The van der Waals surface area contributed by atoms with Crippen molar-refractivity contribution in [1.29, 1.82) is 0 Å². The van der Waals surface area contributed by atoms with Gasteiger partial charge >= 0.3 is 6.18 Å². The Hall–Kier alpha value is -1.35. The molecular formula is C16H28F3N5S. The summed E-state index contributed by atoms with van der Waals surface area (Å²) in [6.45, 7) is 12.1. The van der Waals surface area contributed by atoms with Gasteiger partial charge in [-0.1, -0.05) is 6.92 Å². The maximum atomic E-state index is 12.5. The number of alkyl halides is 3. The summed E-state index contributed by atoms with van der Waals surface area (Å²) in [4.78, 5) is 10.5. The number of hydrogen-bond donors (Lipinski definition) is 2. The summed E-state index contributed by atoms with van der Waals surface area (Å²) in [5.74, 6) is 0.676. The number of aromatic nitrogens is 1. The van der Waals surface area contributed by atoms with Gasteiger partial charge in [0.25, 0.3) is 0 Å². The van der Waals surface area contributed by atoms with E-state index >= 15 is 0 Å². The standard InChI is InChI=1S/C16H28F3N5S/c1-5-20-15(22-9-10-24(6-2)12(3)4)21-8-7-14-23-13(11-25-14)16(17,18)19/h11-12H,5-10H2,1-4H3,(H2,20,21,22). The lowest BCUT2D eigenvalue weighted by Crippen LogP contribution is -2.39. The highest BCUT2D eigenvalue weighted by Crippen LogP contribution is 2.29. The number of aliphatic imine (C=N–C) groups is 1. The molecular weight excluding hydrogens is 351 g/mol. The fraction of sp³-hybridized carbons (Fsp3) is 0.750. The summed E-state index contributed by atoms with van der Waals surface area (Å²) in [5.41, 5.74) is -0.818. The highest BCUT2D eigenvalue weighted by molar-refractivity contribution is 7.09. The van der Waals surface area contributed by atoms with Gasteiger partial charge in [-0.25, -0.2) is 4.98 Å². The molecule has 0 saturated heterocycles. The van der Waals surface area contributed by atoms with Crippen molar-refractivity contribution in [3.63, 3.8) is 0 Å². The Bertz CT molecular complexity index is 528. The number of nitrogens with one attached hydrogen (secondary N) is 2. The first-order chi connectivity index (χ1) is 11.8. The Morgan fingerprint density at radius 1 is 1.32 bits per heavy atom. The maximum Gasteiger partial charge on any atom is 0.434 e. The van der Waals surface area contributed by atoms with E-state index in [0.717, 1.165) is 36.4 Å². The molecule has 5 nitrogen and oxygen atoms in total. The topological polar surface area (TPSA) is 52.6 Å². The van der Waals surface area contributed by atoms with Crippen molar-refractivity contribution in [3.8, 4) is 0 Å². The van der Waals surface area contributed by atoms with Crippen LogP contribution in [0.1, 0.15) is 38.4 Å². The van der Waals surface area contributed by atoms with Crippen LogP contribution >= 0.6 is 11.3 Å². The van der Waals surface area contributed by atoms with Crippen molar-refractivity contribution >= 4 is 17.3 Å². The predicted octanol–water partition coefficient (Wildman–Crippen LogP) is 2.99. The van der Waals surface area contributed by atoms with Gasteiger partial charge in [0.05, 0.1) is 11.6 Å². The molecule has 9 heteroatoms. The molecule has 0 aliphatic carbocycles. The zero-order valence-electron chi connectivity index (χ0n) is 15.3. The van der Waals surface area contributed by atoms with Gasteiger partial charge in [-0.05, 0) is 27.3 Å². The molecule has 144 valence electrons. The number of rotatable bonds is 9. The van der Waals surface area contributed by atoms with E-state index in [-0.39, 0.29) is 0 Å². The molecule has 0 fully saturated rings. The van der Waals surface area contributed by atoms with E-state index in [9.17, 15) is 13.2 Å². The summed E-state index contributed by atoms with van der Waals surface area (Å²) in [6, 6.07) is 0.475. The van der Waals surface area contributed by atoms with Gasteiger partial charge in [0.15, 0.2) is 11.7 Å². The number of hydrogen-bond acceptors (Lipinski definition) is 4. The van der Waals surface area contributed by atoms with Crippen molar-refractivity contribution in [2.75, 3.05) is 32.7 Å². The first-order valence-corrected chi connectivity index (χ1v) is 9.43. The highest BCUT2D eigenvalue weighted by atomic mass is 32.1. The monoisotopic (exact) mass is 379 g/mol. The van der Waals surface area contributed by atoms with Crippen LogP contribution in [0.25, 0.3) is 0 Å². The fourth-order valence-electron chi connectivity index (χ4n) is 2.26. The molecule has 0 saturated carbocycles. The van der Waals surface area contributed by atoms with Crippen molar-refractivity contribution < 1.29 is 13.2 Å². The molecule has 2 N–H and O–H groups in total. The van der Waals surface area contributed by atoms with Crippen molar-refractivity contribution in [2.24, 2.45) is 4.99 Å². The molecule has 0 spiro atoms. The van der Waals surface area contributed by atoms with Crippen LogP contribution in [-0.2, 0) is 12.6 Å². The second-order valence-electron chi connectivity index (χ2n) is 5.78. The number of nitrogens with zero attached hydrogens (tertiary/aromatic N) is 3. The average Bonchev–Trinajstić information content (AvgIpc) is 3.00. The second-order valence-corrected chi connectivity index (χ2v) is 6.73. The Kier molecular flexibility index (Phi) is 9.20. The van der Waals surface area contributed by atoms with Crippen LogP contribution in [0.15, 0.2) is 10.4 Å². The van der Waals surface area contributed by atoms with E-state index in [1.165, 1.54) is 0 Å². The summed E-state index contributed by atoms with van der Waals surface area (Å²) in [6.07, 6.45) is -3.95. The van der Waals surface area contributed by atoms with E-state index in [1.54, 1.807) is 0 Å². The van der Waals surface area contributed by atoms with Crippen LogP contribution in [0.4, 0.5) is 13.2 Å². The smallest absolute Gasteiger partial charge is 0.357 e. The first kappa shape index (κ1) is 21.7. The van der Waals surface area contributed by atoms with Gasteiger partial charge in [-0.2, -0.15) is 13.2 Å². The third kappa shape index (κ3) is 8.04. The fourth-order valence-corrected chi connectivity index (χ4v) is 3.06. The molecule has 25 heavy (non-hydrogen) atoms. The second kappa shape index (κ2) is 10.6. The molecule has 0 amide bonds. The summed E-state index contributed by atoms with van der Waals surface area (Å²) in [7, 11) is 0. The summed E-state index contributed by atoms with van der Waals surface area (Å²) < 4.78 is 37.6. The predicted molar refractivity (Wildman–Crippen MR) is 97.2 cm³/mol. The molecule has 0 aliphatic heterocycles. The normalized spacial score (nSPS) is 12.9. The van der Waals surface area contributed by atoms with Crippen LogP contribution in [0.3, 0.4) is 0 Å². The van der Waals surface area contributed by atoms with Crippen LogP contribution in [0, 0.1) is 0 Å². The SMILES string of the molecule is CCNC(=NCCN(CC)C(C)C)NCCc1nc(C(F)(F)F)cs1. The minimum atomic E-state index is -4.37. The largest absolute Gasteiger partial charge is 0.434 e. The van der Waals surface area contributed by atoms with Crippen molar-refractivity contribution in [2.45, 2.75) is 46.3 Å². The summed E-state index contributed by atoms with van der Waals surface area (Å²) >= 11 is 1.03. The van der Waals surface area contributed by atoms with Crippen molar-refractivity contribution in [3.05, 3.63) is 16.1 Å². The molecule has 1 rings (SSSR count). The average molecular weight is 379 g/mol. The Labute approximate surface area is 151 Å². The van der Waals surface area contributed by atoms with E-state index in [4.69, 9.17) is 0 Å². The molecule has 1 aromatic heterocycles. The van der Waals surface area contributed by atoms with Crippen LogP contribution in [0.2, 0.25) is 0 Å². The molecule has 0 radical (unpaired) electrons. The first-order valence-electron chi connectivity index (χ1n) is 8.55. The molecule has 0 aliphatic rings. The zero-order valence-corrected chi connectivity index (χ0v) is 16.1. The minimum absolute atomic E-state index is 0.429. The molecule has 0 unspecified atom stereocenters. The zero-order chi connectivity index (χ0) is 18.9. The van der Waals surface area contributed by atoms with Gasteiger partial charge in [0.2, 0.25) is 0 Å². The Balaban J connectivity index is 2.47. The van der Waals surface area contributed by atoms with E-state index in [1.807, 2.05) is 6.92 Å². The number of halogens is 3. The van der Waals surface area contributed by atoms with Gasteiger partial charge in [-0.3, -0.25) is 9.89 Å². The molecule has 0 bridgehead atoms. The van der Waals surface area contributed by atoms with Crippen LogP contribution in [0.5, 0.6) is 0 Å². The molecule has 0 aromatic carbocycles. The molecule has 0 atom stereocenters. The summed E-state index contributed by atoms with van der Waals surface area (Å²) in [5, 5.41) is 7.81. The van der Waals surface area contributed by atoms with Gasteiger partial charge in [0, 0.05) is 37.5 Å². The molecule has 1 aromatic rings. The van der Waals surface area contributed by atoms with Gasteiger partial charge in [0.1, 0.15) is 0 Å². The van der Waals surface area contributed by atoms with Gasteiger partial charge < -0.3 is 10.6 Å². The van der Waals surface area contributed by atoms with E-state index in [2.05, 4.69) is 46.3 Å². The van der Waals surface area contributed by atoms with Gasteiger partial charge in [-0.15, -0.1) is 11.3 Å². The van der Waals surface area contributed by atoms with E-state index in [0.29, 0.717) is 36.5 Å². The number of likely N-dealkylation sites (N-methyl/N-ethyl adjacent to an activating group) is 1. The van der Waals surface area contributed by atoms with E-state index < -0.39 is 11.9 Å². The molecule has 1 heterocycles.